The van der Waals surface area contributed by atoms with Gasteiger partial charge in [0.25, 0.3) is 5.91 Å². The molecule has 0 atom stereocenters. The molecular weight excluding hydrogens is 328 g/mol. The lowest BCUT2D eigenvalue weighted by molar-refractivity contribution is 0.0702. The first-order valence-electron chi connectivity index (χ1n) is 8.49. The van der Waals surface area contributed by atoms with Crippen molar-refractivity contribution in [1.29, 1.82) is 0 Å². The first-order valence-corrected chi connectivity index (χ1v) is 8.49. The average molecular weight is 350 g/mol. The third-order valence-electron chi connectivity index (χ3n) is 4.19. The summed E-state index contributed by atoms with van der Waals surface area (Å²) >= 11 is 0. The smallest absolute Gasteiger partial charge is 0.270 e. The van der Waals surface area contributed by atoms with E-state index in [2.05, 4.69) is 4.98 Å². The normalized spacial score (nSPS) is 10.5. The molecule has 0 saturated carbocycles. The number of hydrogen-bond acceptors (Lipinski definition) is 3. The van der Waals surface area contributed by atoms with Crippen molar-refractivity contribution in [3.05, 3.63) is 78.0 Å². The van der Waals surface area contributed by atoms with Gasteiger partial charge in [0.2, 0.25) is 0 Å². The Morgan fingerprint density at radius 1 is 1.04 bits per heavy atom. The van der Waals surface area contributed by atoms with E-state index in [9.17, 15) is 9.90 Å². The summed E-state index contributed by atoms with van der Waals surface area (Å²) in [5.41, 5.74) is 3.39. The molecule has 2 N–H and O–H groups in total. The van der Waals surface area contributed by atoms with Crippen LogP contribution in [0.1, 0.15) is 16.1 Å². The minimum Gasteiger partial charge on any atom is -0.497 e. The molecule has 0 fully saturated rings. The SMILES string of the molecule is COc1ccc(CN(CCO)C(=O)c2ccc(-c3ccccc3)[nH]2)cc1. The van der Waals surface area contributed by atoms with Gasteiger partial charge >= 0.3 is 0 Å². The number of aromatic nitrogens is 1. The molecule has 0 aliphatic carbocycles. The molecule has 0 saturated heterocycles. The van der Waals surface area contributed by atoms with Crippen LogP contribution < -0.4 is 4.74 Å². The van der Waals surface area contributed by atoms with E-state index in [0.29, 0.717) is 12.2 Å². The Kier molecular flexibility index (Phi) is 5.71. The minimum absolute atomic E-state index is 0.0891. The summed E-state index contributed by atoms with van der Waals surface area (Å²) in [7, 11) is 1.62. The van der Waals surface area contributed by atoms with Crippen LogP contribution in [0, 0.1) is 0 Å². The van der Waals surface area contributed by atoms with Crippen molar-refractivity contribution in [2.24, 2.45) is 0 Å². The predicted molar refractivity (Wildman–Crippen MR) is 101 cm³/mol. The Morgan fingerprint density at radius 2 is 1.77 bits per heavy atom. The molecule has 0 aliphatic rings. The maximum atomic E-state index is 12.9. The van der Waals surface area contributed by atoms with Crippen molar-refractivity contribution in [3.63, 3.8) is 0 Å². The van der Waals surface area contributed by atoms with E-state index in [4.69, 9.17) is 4.74 Å². The predicted octanol–water partition coefficient (Wildman–Crippen LogP) is 3.33. The lowest BCUT2D eigenvalue weighted by atomic mass is 10.2. The van der Waals surface area contributed by atoms with Gasteiger partial charge in [-0.05, 0) is 35.4 Å². The zero-order valence-electron chi connectivity index (χ0n) is 14.7. The van der Waals surface area contributed by atoms with Crippen molar-refractivity contribution in [2.45, 2.75) is 6.54 Å². The Labute approximate surface area is 152 Å². The zero-order valence-corrected chi connectivity index (χ0v) is 14.7. The molecule has 0 spiro atoms. The third-order valence-corrected chi connectivity index (χ3v) is 4.19. The second-order valence-corrected chi connectivity index (χ2v) is 5.95. The second-order valence-electron chi connectivity index (χ2n) is 5.95. The maximum absolute atomic E-state index is 12.9. The highest BCUT2D eigenvalue weighted by Gasteiger charge is 2.18. The highest BCUT2D eigenvalue weighted by Crippen LogP contribution is 2.20. The molecule has 0 unspecified atom stereocenters. The highest BCUT2D eigenvalue weighted by molar-refractivity contribution is 5.93. The molecule has 134 valence electrons. The number of methoxy groups -OCH3 is 1. The largest absolute Gasteiger partial charge is 0.497 e. The van der Waals surface area contributed by atoms with Gasteiger partial charge in [-0.2, -0.15) is 0 Å². The van der Waals surface area contributed by atoms with Gasteiger partial charge in [-0.15, -0.1) is 0 Å². The van der Waals surface area contributed by atoms with E-state index in [1.165, 1.54) is 0 Å². The first kappa shape index (κ1) is 17.8. The summed E-state index contributed by atoms with van der Waals surface area (Å²) in [6.45, 7) is 0.599. The van der Waals surface area contributed by atoms with Gasteiger partial charge in [0, 0.05) is 18.8 Å². The number of H-pyrrole nitrogens is 1. The van der Waals surface area contributed by atoms with Gasteiger partial charge in [0.05, 0.1) is 13.7 Å². The molecule has 0 radical (unpaired) electrons. The van der Waals surface area contributed by atoms with Crippen LogP contribution in [-0.2, 0) is 6.54 Å². The topological polar surface area (TPSA) is 65.6 Å². The van der Waals surface area contributed by atoms with Gasteiger partial charge in [-0.3, -0.25) is 4.79 Å². The van der Waals surface area contributed by atoms with Crippen molar-refractivity contribution >= 4 is 5.91 Å². The standard InChI is InChI=1S/C21H22N2O3/c1-26-18-9-7-16(8-10-18)15-23(13-14-24)21(25)20-12-11-19(22-20)17-5-3-2-4-6-17/h2-12,22,24H,13-15H2,1H3. The van der Waals surface area contributed by atoms with Crippen LogP contribution >= 0.6 is 0 Å². The number of hydrogen-bond donors (Lipinski definition) is 2. The summed E-state index contributed by atoms with van der Waals surface area (Å²) in [5.74, 6) is 0.628. The molecular formula is C21H22N2O3. The summed E-state index contributed by atoms with van der Waals surface area (Å²) in [4.78, 5) is 17.7. The lowest BCUT2D eigenvalue weighted by Gasteiger charge is -2.21. The minimum atomic E-state index is -0.142. The fourth-order valence-electron chi connectivity index (χ4n) is 2.80. The number of nitrogens with one attached hydrogen (secondary N) is 1. The van der Waals surface area contributed by atoms with E-state index in [0.717, 1.165) is 22.6 Å². The third kappa shape index (κ3) is 4.13. The van der Waals surface area contributed by atoms with Crippen LogP contribution in [0.25, 0.3) is 11.3 Å². The molecule has 1 heterocycles. The average Bonchev–Trinajstić information content (AvgIpc) is 3.18. The van der Waals surface area contributed by atoms with E-state index in [1.54, 1.807) is 18.1 Å². The van der Waals surface area contributed by atoms with Crippen LogP contribution in [-0.4, -0.2) is 41.2 Å². The van der Waals surface area contributed by atoms with Crippen molar-refractivity contribution < 1.29 is 14.6 Å². The molecule has 26 heavy (non-hydrogen) atoms. The van der Waals surface area contributed by atoms with Crippen LogP contribution in [0.5, 0.6) is 5.75 Å². The number of rotatable bonds is 7. The monoisotopic (exact) mass is 350 g/mol. The Bertz CT molecular complexity index is 841. The number of carbonyl (C=O) groups is 1. The van der Waals surface area contributed by atoms with Crippen LogP contribution in [0.3, 0.4) is 0 Å². The van der Waals surface area contributed by atoms with Gasteiger partial charge in [-0.25, -0.2) is 0 Å². The number of amides is 1. The van der Waals surface area contributed by atoms with Gasteiger partial charge < -0.3 is 19.7 Å². The molecule has 0 aliphatic heterocycles. The summed E-state index contributed by atoms with van der Waals surface area (Å²) < 4.78 is 5.16. The van der Waals surface area contributed by atoms with Gasteiger partial charge in [0.15, 0.2) is 0 Å². The molecule has 2 aromatic carbocycles. The second kappa shape index (κ2) is 8.36. The fourth-order valence-corrected chi connectivity index (χ4v) is 2.80. The number of aliphatic hydroxyl groups is 1. The number of benzene rings is 2. The van der Waals surface area contributed by atoms with E-state index < -0.39 is 0 Å². The summed E-state index contributed by atoms with van der Waals surface area (Å²) in [6, 6.07) is 21.1. The Balaban J connectivity index is 1.77. The Hall–Kier alpha value is -3.05. The van der Waals surface area contributed by atoms with Crippen LogP contribution in [0.15, 0.2) is 66.7 Å². The highest BCUT2D eigenvalue weighted by atomic mass is 16.5. The van der Waals surface area contributed by atoms with Crippen molar-refractivity contribution in [1.82, 2.24) is 9.88 Å². The number of aromatic amines is 1. The zero-order chi connectivity index (χ0) is 18.4. The van der Waals surface area contributed by atoms with Crippen molar-refractivity contribution in [2.75, 3.05) is 20.3 Å². The molecule has 0 bridgehead atoms. The first-order chi connectivity index (χ1) is 12.7. The maximum Gasteiger partial charge on any atom is 0.270 e. The molecule has 1 aromatic heterocycles. The summed E-state index contributed by atoms with van der Waals surface area (Å²) in [5, 5.41) is 9.35. The molecule has 5 nitrogen and oxygen atoms in total. The number of aliphatic hydroxyl groups excluding tert-OH is 1. The van der Waals surface area contributed by atoms with E-state index in [1.807, 2.05) is 60.7 Å². The number of carbonyl (C=O) groups excluding carboxylic acids is 1. The molecule has 5 heteroatoms. The lowest BCUT2D eigenvalue weighted by Crippen LogP contribution is -2.33. The number of ether oxygens (including phenoxy) is 1. The van der Waals surface area contributed by atoms with E-state index >= 15 is 0 Å². The molecule has 3 aromatic rings. The van der Waals surface area contributed by atoms with E-state index in [-0.39, 0.29) is 19.1 Å². The fraction of sp³-hybridized carbons (Fsp3) is 0.190. The van der Waals surface area contributed by atoms with Crippen LogP contribution in [0.2, 0.25) is 0 Å². The van der Waals surface area contributed by atoms with Crippen LogP contribution in [0.4, 0.5) is 0 Å². The molecule has 1 amide bonds. The Morgan fingerprint density at radius 3 is 2.42 bits per heavy atom. The number of nitrogens with zero attached hydrogens (tertiary/aromatic N) is 1. The van der Waals surface area contributed by atoms with Gasteiger partial charge in [0.1, 0.15) is 11.4 Å². The van der Waals surface area contributed by atoms with Crippen molar-refractivity contribution in [3.8, 4) is 17.0 Å². The van der Waals surface area contributed by atoms with Gasteiger partial charge in [-0.1, -0.05) is 42.5 Å². The summed E-state index contributed by atoms with van der Waals surface area (Å²) in [6.07, 6.45) is 0. The quantitative estimate of drug-likeness (QED) is 0.687. The molecule has 3 rings (SSSR count).